The van der Waals surface area contributed by atoms with Crippen LogP contribution in [-0.4, -0.2) is 47.0 Å². The molecule has 0 aliphatic carbocycles. The van der Waals surface area contributed by atoms with E-state index in [1.54, 1.807) is 13.0 Å². The second-order valence-corrected chi connectivity index (χ2v) is 5.16. The normalized spacial score (nSPS) is 16.0. The fourth-order valence-electron chi connectivity index (χ4n) is 2.14. The maximum atomic E-state index is 11.3. The molecule has 0 radical (unpaired) electrons. The highest BCUT2D eigenvalue weighted by Gasteiger charge is 2.20. The van der Waals surface area contributed by atoms with Crippen LogP contribution in [0.25, 0.3) is 0 Å². The predicted octanol–water partition coefficient (Wildman–Crippen LogP) is 0.851. The lowest BCUT2D eigenvalue weighted by molar-refractivity contribution is -0.129. The highest BCUT2D eigenvalue weighted by molar-refractivity contribution is 5.73. The Kier molecular flexibility index (Phi) is 3.87. The number of rotatable bonds is 2. The Labute approximate surface area is 113 Å². The smallest absolute Gasteiger partial charge is 0.219 e. The van der Waals surface area contributed by atoms with Crippen LogP contribution in [0.2, 0.25) is 0 Å². The number of anilines is 2. The highest BCUT2D eigenvalue weighted by atomic mass is 16.2. The minimum Gasteiger partial charge on any atom is -0.384 e. The molecule has 1 aromatic heterocycles. The number of hydrogen-bond donors (Lipinski definition) is 1. The summed E-state index contributed by atoms with van der Waals surface area (Å²) in [6.45, 7) is 8.74. The fourth-order valence-corrected chi connectivity index (χ4v) is 2.14. The van der Waals surface area contributed by atoms with Crippen LogP contribution >= 0.6 is 0 Å². The third-order valence-corrected chi connectivity index (χ3v) is 3.32. The number of nitrogens with two attached hydrogens (primary N) is 1. The average Bonchev–Trinajstić information content (AvgIpc) is 2.38. The number of nitrogen functional groups attached to an aromatic ring is 1. The molecule has 1 saturated heterocycles. The molecule has 1 aromatic rings. The minimum absolute atomic E-state index is 0.129. The Morgan fingerprint density at radius 3 is 2.42 bits per heavy atom. The van der Waals surface area contributed by atoms with Gasteiger partial charge in [0.15, 0.2) is 0 Å². The second kappa shape index (κ2) is 5.42. The van der Waals surface area contributed by atoms with Gasteiger partial charge in [0.2, 0.25) is 5.91 Å². The average molecular weight is 263 g/mol. The van der Waals surface area contributed by atoms with Crippen LogP contribution in [0, 0.1) is 0 Å². The maximum Gasteiger partial charge on any atom is 0.219 e. The van der Waals surface area contributed by atoms with Gasteiger partial charge in [0.05, 0.1) is 0 Å². The van der Waals surface area contributed by atoms with Crippen LogP contribution in [0.5, 0.6) is 0 Å². The molecular formula is C13H21N5O. The molecule has 0 saturated carbocycles. The van der Waals surface area contributed by atoms with E-state index in [0.29, 0.717) is 5.82 Å². The highest BCUT2D eigenvalue weighted by Crippen LogP contribution is 2.19. The largest absolute Gasteiger partial charge is 0.384 e. The third kappa shape index (κ3) is 3.13. The molecule has 19 heavy (non-hydrogen) atoms. The molecular weight excluding hydrogens is 242 g/mol. The molecule has 6 heteroatoms. The predicted molar refractivity (Wildman–Crippen MR) is 75.0 cm³/mol. The van der Waals surface area contributed by atoms with Gasteiger partial charge in [-0.25, -0.2) is 9.97 Å². The summed E-state index contributed by atoms with van der Waals surface area (Å²) >= 11 is 0. The van der Waals surface area contributed by atoms with Gasteiger partial charge < -0.3 is 15.5 Å². The Morgan fingerprint density at radius 2 is 1.89 bits per heavy atom. The Balaban J connectivity index is 2.13. The number of hydrogen-bond acceptors (Lipinski definition) is 5. The monoisotopic (exact) mass is 263 g/mol. The van der Waals surface area contributed by atoms with Gasteiger partial charge in [-0.3, -0.25) is 4.79 Å². The van der Waals surface area contributed by atoms with Crippen molar-refractivity contribution in [3.63, 3.8) is 0 Å². The molecule has 0 aromatic carbocycles. The lowest BCUT2D eigenvalue weighted by Gasteiger charge is -2.35. The summed E-state index contributed by atoms with van der Waals surface area (Å²) in [7, 11) is 0. The summed E-state index contributed by atoms with van der Waals surface area (Å²) in [5, 5.41) is 0. The molecule has 6 nitrogen and oxygen atoms in total. The van der Waals surface area contributed by atoms with Crippen LogP contribution in [0.4, 0.5) is 11.6 Å². The number of nitrogens with zero attached hydrogens (tertiary/aromatic N) is 4. The van der Waals surface area contributed by atoms with E-state index in [-0.39, 0.29) is 11.8 Å². The van der Waals surface area contributed by atoms with Crippen molar-refractivity contribution in [3.8, 4) is 0 Å². The number of carbonyl (C=O) groups excluding carboxylic acids is 1. The van der Waals surface area contributed by atoms with Gasteiger partial charge in [0.1, 0.15) is 17.5 Å². The van der Waals surface area contributed by atoms with Gasteiger partial charge in [-0.2, -0.15) is 0 Å². The molecule has 1 aliphatic rings. The van der Waals surface area contributed by atoms with Gasteiger partial charge in [0.25, 0.3) is 0 Å². The molecule has 0 bridgehead atoms. The van der Waals surface area contributed by atoms with Crippen molar-refractivity contribution in [1.82, 2.24) is 14.9 Å². The third-order valence-electron chi connectivity index (χ3n) is 3.32. The van der Waals surface area contributed by atoms with E-state index >= 15 is 0 Å². The van der Waals surface area contributed by atoms with Gasteiger partial charge in [-0.1, -0.05) is 13.8 Å². The van der Waals surface area contributed by atoms with Crippen LogP contribution < -0.4 is 10.6 Å². The van der Waals surface area contributed by atoms with Crippen LogP contribution in [-0.2, 0) is 4.79 Å². The first-order valence-corrected chi connectivity index (χ1v) is 6.62. The van der Waals surface area contributed by atoms with Crippen LogP contribution in [0.15, 0.2) is 6.07 Å². The molecule has 0 unspecified atom stereocenters. The molecule has 1 aliphatic heterocycles. The van der Waals surface area contributed by atoms with Crippen molar-refractivity contribution in [2.75, 3.05) is 36.8 Å². The zero-order valence-corrected chi connectivity index (χ0v) is 11.8. The molecule has 2 heterocycles. The van der Waals surface area contributed by atoms with Crippen LogP contribution in [0.1, 0.15) is 32.5 Å². The first-order chi connectivity index (χ1) is 8.97. The van der Waals surface area contributed by atoms with Crippen molar-refractivity contribution < 1.29 is 4.79 Å². The number of amides is 1. The second-order valence-electron chi connectivity index (χ2n) is 5.16. The number of aromatic nitrogens is 2. The summed E-state index contributed by atoms with van der Waals surface area (Å²) < 4.78 is 0. The first kappa shape index (κ1) is 13.6. The van der Waals surface area contributed by atoms with Crippen molar-refractivity contribution in [3.05, 3.63) is 11.9 Å². The quantitative estimate of drug-likeness (QED) is 0.856. The molecule has 2 N–H and O–H groups in total. The summed E-state index contributed by atoms with van der Waals surface area (Å²) in [4.78, 5) is 24.1. The van der Waals surface area contributed by atoms with Crippen molar-refractivity contribution in [1.29, 1.82) is 0 Å². The summed E-state index contributed by atoms with van der Waals surface area (Å²) in [6, 6.07) is 1.80. The van der Waals surface area contributed by atoms with E-state index in [0.717, 1.165) is 37.8 Å². The SMILES string of the molecule is CC(=O)N1CCN(c2cc(N)nc(C(C)C)n2)CC1. The van der Waals surface area contributed by atoms with Gasteiger partial charge in [0, 0.05) is 45.1 Å². The Morgan fingerprint density at radius 1 is 1.26 bits per heavy atom. The van der Waals surface area contributed by atoms with E-state index in [1.165, 1.54) is 0 Å². The molecule has 1 fully saturated rings. The summed E-state index contributed by atoms with van der Waals surface area (Å²) in [5.41, 5.74) is 5.84. The van der Waals surface area contributed by atoms with E-state index in [9.17, 15) is 4.79 Å². The van der Waals surface area contributed by atoms with Crippen molar-refractivity contribution in [2.24, 2.45) is 0 Å². The maximum absolute atomic E-state index is 11.3. The number of carbonyl (C=O) groups is 1. The standard InChI is InChI=1S/C13H21N5O/c1-9(2)13-15-11(14)8-12(16-13)18-6-4-17(5-7-18)10(3)19/h8-9H,4-7H2,1-3H3,(H2,14,15,16). The summed E-state index contributed by atoms with van der Waals surface area (Å²) in [6.07, 6.45) is 0. The van der Waals surface area contributed by atoms with Gasteiger partial charge in [-0.05, 0) is 0 Å². The fraction of sp³-hybridized carbons (Fsp3) is 0.615. The molecule has 1 amide bonds. The van der Waals surface area contributed by atoms with Gasteiger partial charge in [-0.15, -0.1) is 0 Å². The summed E-state index contributed by atoms with van der Waals surface area (Å²) in [5.74, 6) is 2.51. The molecule has 104 valence electrons. The van der Waals surface area contributed by atoms with Crippen molar-refractivity contribution >= 4 is 17.5 Å². The topological polar surface area (TPSA) is 75.4 Å². The van der Waals surface area contributed by atoms with E-state index in [4.69, 9.17) is 5.73 Å². The lowest BCUT2D eigenvalue weighted by atomic mass is 10.2. The van der Waals surface area contributed by atoms with Crippen molar-refractivity contribution in [2.45, 2.75) is 26.7 Å². The Hall–Kier alpha value is -1.85. The van der Waals surface area contributed by atoms with E-state index in [1.807, 2.05) is 18.7 Å². The van der Waals surface area contributed by atoms with Gasteiger partial charge >= 0.3 is 0 Å². The van der Waals surface area contributed by atoms with Crippen LogP contribution in [0.3, 0.4) is 0 Å². The number of piperazine rings is 1. The van der Waals surface area contributed by atoms with E-state index in [2.05, 4.69) is 14.9 Å². The molecule has 0 spiro atoms. The first-order valence-electron chi connectivity index (χ1n) is 6.62. The lowest BCUT2D eigenvalue weighted by Crippen LogP contribution is -2.48. The molecule has 2 rings (SSSR count). The van der Waals surface area contributed by atoms with E-state index < -0.39 is 0 Å². The minimum atomic E-state index is 0.129. The molecule has 0 atom stereocenters. The zero-order valence-electron chi connectivity index (χ0n) is 11.8. The Bertz CT molecular complexity index is 466. The zero-order chi connectivity index (χ0) is 14.0.